The Hall–Kier alpha value is -1.85. The van der Waals surface area contributed by atoms with E-state index in [0.29, 0.717) is 24.8 Å². The molecular weight excluding hydrogens is 367 g/mol. The second-order valence-corrected chi connectivity index (χ2v) is 7.72. The topological polar surface area (TPSA) is 66.4 Å². The van der Waals surface area contributed by atoms with Gasteiger partial charge in [-0.3, -0.25) is 4.79 Å². The lowest BCUT2D eigenvalue weighted by atomic mass is 9.83. The second kappa shape index (κ2) is 8.69. The first-order chi connectivity index (χ1) is 12.2. The van der Waals surface area contributed by atoms with Gasteiger partial charge in [0.15, 0.2) is 11.1 Å². The van der Waals surface area contributed by atoms with Gasteiger partial charge in [-0.1, -0.05) is 43.2 Å². The van der Waals surface area contributed by atoms with Crippen LogP contribution in [0.3, 0.4) is 0 Å². The van der Waals surface area contributed by atoms with Crippen LogP contribution in [0.4, 0.5) is 13.2 Å². The van der Waals surface area contributed by atoms with Crippen molar-refractivity contribution in [3.8, 4) is 11.8 Å². The maximum Gasteiger partial charge on any atom is 0.471 e. The minimum Gasteiger partial charge on any atom is -0.337 e. The lowest BCUT2D eigenvalue weighted by Crippen LogP contribution is -2.38. The molecule has 1 aromatic rings. The molecule has 26 heavy (non-hydrogen) atoms. The number of nitrogens with one attached hydrogen (secondary N) is 1. The number of amides is 1. The van der Waals surface area contributed by atoms with Crippen molar-refractivity contribution in [3.05, 3.63) is 35.4 Å². The molecule has 0 bridgehead atoms. The molecule has 1 aromatic carbocycles. The Balaban J connectivity index is 2.03. The maximum atomic E-state index is 12.1. The molecule has 1 atom stereocenters. The minimum atomic E-state index is -4.92. The van der Waals surface area contributed by atoms with Crippen LogP contribution in [0.2, 0.25) is 0 Å². The molecular formula is C18H20F3NO3S. The van der Waals surface area contributed by atoms with Crippen LogP contribution >= 0.6 is 0 Å². The molecule has 1 aliphatic rings. The smallest absolute Gasteiger partial charge is 0.337 e. The molecule has 0 heterocycles. The molecule has 0 aromatic heterocycles. The summed E-state index contributed by atoms with van der Waals surface area (Å²) in [5.41, 5.74) is 1.44. The van der Waals surface area contributed by atoms with Crippen molar-refractivity contribution in [1.82, 2.24) is 5.32 Å². The highest BCUT2D eigenvalue weighted by molar-refractivity contribution is 7.80. The second-order valence-electron chi connectivity index (χ2n) is 6.35. The van der Waals surface area contributed by atoms with E-state index < -0.39 is 34.5 Å². The molecule has 1 fully saturated rings. The van der Waals surface area contributed by atoms with Gasteiger partial charge < -0.3 is 9.87 Å². The van der Waals surface area contributed by atoms with Gasteiger partial charge in [-0.05, 0) is 37.0 Å². The van der Waals surface area contributed by atoms with Crippen molar-refractivity contribution in [3.63, 3.8) is 0 Å². The summed E-state index contributed by atoms with van der Waals surface area (Å²) in [6.45, 7) is -0.410. The van der Waals surface area contributed by atoms with Crippen LogP contribution in [-0.2, 0) is 22.3 Å². The lowest BCUT2D eigenvalue weighted by Gasteiger charge is -2.34. The summed E-state index contributed by atoms with van der Waals surface area (Å²) >= 11 is -1.93. The summed E-state index contributed by atoms with van der Waals surface area (Å²) < 4.78 is 57.2. The van der Waals surface area contributed by atoms with Crippen molar-refractivity contribution in [2.75, 3.05) is 6.54 Å². The van der Waals surface area contributed by atoms with Gasteiger partial charge in [-0.25, -0.2) is 4.21 Å². The van der Waals surface area contributed by atoms with Crippen molar-refractivity contribution in [2.24, 2.45) is 0 Å². The molecule has 0 aliphatic heterocycles. The van der Waals surface area contributed by atoms with Gasteiger partial charge in [0.2, 0.25) is 0 Å². The zero-order valence-electron chi connectivity index (χ0n) is 14.1. The SMILES string of the molecule is O=C(NCC#Cc1cccc(CC2(S(=O)O)CCCCC2)c1)C(F)(F)F. The third kappa shape index (κ3) is 5.58. The predicted octanol–water partition coefficient (Wildman–Crippen LogP) is 3.18. The third-order valence-electron chi connectivity index (χ3n) is 4.42. The van der Waals surface area contributed by atoms with Crippen LogP contribution in [0.25, 0.3) is 0 Å². The fraction of sp³-hybridized carbons (Fsp3) is 0.500. The van der Waals surface area contributed by atoms with Gasteiger partial charge >= 0.3 is 12.1 Å². The number of carbonyl (C=O) groups is 1. The van der Waals surface area contributed by atoms with E-state index in [4.69, 9.17) is 0 Å². The van der Waals surface area contributed by atoms with E-state index in [2.05, 4.69) is 11.8 Å². The van der Waals surface area contributed by atoms with Crippen molar-refractivity contribution >= 4 is 17.0 Å². The van der Waals surface area contributed by atoms with E-state index in [1.54, 1.807) is 23.5 Å². The average Bonchev–Trinajstić information content (AvgIpc) is 2.58. The van der Waals surface area contributed by atoms with E-state index in [0.717, 1.165) is 24.8 Å². The summed E-state index contributed by atoms with van der Waals surface area (Å²) in [6, 6.07) is 7.07. The molecule has 4 nitrogen and oxygen atoms in total. The molecule has 2 N–H and O–H groups in total. The Bertz CT molecular complexity index is 731. The quantitative estimate of drug-likeness (QED) is 0.616. The molecule has 1 aliphatic carbocycles. The Kier molecular flexibility index (Phi) is 6.84. The van der Waals surface area contributed by atoms with E-state index in [-0.39, 0.29) is 0 Å². The first-order valence-corrected chi connectivity index (χ1v) is 9.37. The Morgan fingerprint density at radius 1 is 1.27 bits per heavy atom. The lowest BCUT2D eigenvalue weighted by molar-refractivity contribution is -0.173. The molecule has 0 radical (unpaired) electrons. The molecule has 142 valence electrons. The minimum absolute atomic E-state index is 0.410. The monoisotopic (exact) mass is 387 g/mol. The molecule has 0 spiro atoms. The number of hydrogen-bond donors (Lipinski definition) is 2. The van der Waals surface area contributed by atoms with Crippen LogP contribution in [0.15, 0.2) is 24.3 Å². The van der Waals surface area contributed by atoms with Gasteiger partial charge in [0.1, 0.15) is 0 Å². The van der Waals surface area contributed by atoms with Gasteiger partial charge in [-0.15, -0.1) is 0 Å². The van der Waals surface area contributed by atoms with E-state index >= 15 is 0 Å². The molecule has 1 saturated carbocycles. The Labute approximate surface area is 152 Å². The Morgan fingerprint density at radius 3 is 2.58 bits per heavy atom. The molecule has 0 saturated heterocycles. The molecule has 1 unspecified atom stereocenters. The zero-order chi connectivity index (χ0) is 19.2. The molecule has 1 amide bonds. The van der Waals surface area contributed by atoms with Crippen LogP contribution in [0, 0.1) is 11.8 Å². The first kappa shape index (κ1) is 20.5. The first-order valence-electron chi connectivity index (χ1n) is 8.27. The number of alkyl halides is 3. The van der Waals surface area contributed by atoms with Gasteiger partial charge in [0.25, 0.3) is 0 Å². The van der Waals surface area contributed by atoms with Crippen LogP contribution in [-0.4, -0.2) is 32.1 Å². The summed E-state index contributed by atoms with van der Waals surface area (Å²) in [5, 5.41) is 1.68. The number of benzene rings is 1. The fourth-order valence-electron chi connectivity index (χ4n) is 3.11. The highest BCUT2D eigenvalue weighted by Crippen LogP contribution is 2.36. The van der Waals surface area contributed by atoms with Crippen molar-refractivity contribution in [1.29, 1.82) is 0 Å². The summed E-state index contributed by atoms with van der Waals surface area (Å²) in [5.74, 6) is 3.15. The highest BCUT2D eigenvalue weighted by Gasteiger charge is 2.38. The van der Waals surface area contributed by atoms with Gasteiger partial charge in [0.05, 0.1) is 11.3 Å². The average molecular weight is 387 g/mol. The van der Waals surface area contributed by atoms with E-state index in [9.17, 15) is 26.7 Å². The number of rotatable bonds is 4. The predicted molar refractivity (Wildman–Crippen MR) is 92.7 cm³/mol. The summed E-state index contributed by atoms with van der Waals surface area (Å²) in [4.78, 5) is 10.7. The summed E-state index contributed by atoms with van der Waals surface area (Å²) in [7, 11) is 0. The maximum absolute atomic E-state index is 12.1. The standard InChI is InChI=1S/C18H20F3NO3S/c19-18(20,21)16(23)22-11-5-8-14-6-4-7-15(12-14)13-17(26(24)25)9-2-1-3-10-17/h4,6-7,12H,1-3,9-11,13H2,(H,22,23)(H,24,25). The summed E-state index contributed by atoms with van der Waals surface area (Å²) in [6.07, 6.45) is -0.180. The van der Waals surface area contributed by atoms with Crippen molar-refractivity contribution < 1.29 is 26.7 Å². The molecule has 8 heteroatoms. The van der Waals surface area contributed by atoms with Gasteiger partial charge in [0, 0.05) is 5.56 Å². The number of halogens is 3. The van der Waals surface area contributed by atoms with E-state index in [1.165, 1.54) is 0 Å². The fourth-order valence-corrected chi connectivity index (χ4v) is 4.04. The zero-order valence-corrected chi connectivity index (χ0v) is 14.9. The van der Waals surface area contributed by atoms with Crippen LogP contribution < -0.4 is 5.32 Å². The largest absolute Gasteiger partial charge is 0.471 e. The Morgan fingerprint density at radius 2 is 1.96 bits per heavy atom. The highest BCUT2D eigenvalue weighted by atomic mass is 32.2. The normalized spacial score (nSPS) is 17.7. The van der Waals surface area contributed by atoms with Crippen molar-refractivity contribution in [2.45, 2.75) is 49.4 Å². The number of hydrogen-bond acceptors (Lipinski definition) is 2. The third-order valence-corrected chi connectivity index (χ3v) is 5.71. The number of carbonyl (C=O) groups excluding carboxylic acids is 1. The van der Waals surface area contributed by atoms with Crippen LogP contribution in [0.5, 0.6) is 0 Å². The van der Waals surface area contributed by atoms with Gasteiger partial charge in [-0.2, -0.15) is 13.2 Å². The van der Waals surface area contributed by atoms with Crippen LogP contribution in [0.1, 0.15) is 43.2 Å². The molecule has 2 rings (SSSR count). The van der Waals surface area contributed by atoms with E-state index in [1.807, 2.05) is 6.07 Å².